The molecule has 0 spiro atoms. The number of amides is 1. The molecule has 6 heteroatoms. The number of carbonyl (C=O) groups excluding carboxylic acids is 1. The van der Waals surface area contributed by atoms with Crippen LogP contribution in [0.5, 0.6) is 0 Å². The first-order chi connectivity index (χ1) is 8.56. The van der Waals surface area contributed by atoms with E-state index in [0.717, 1.165) is 13.8 Å². The zero-order valence-electron chi connectivity index (χ0n) is 9.24. The van der Waals surface area contributed by atoms with E-state index in [9.17, 15) is 4.79 Å². The maximum Gasteiger partial charge on any atom is 0.229 e. The number of hydrogen-bond donors (Lipinski definition) is 2. The molecule has 3 N–H and O–H groups in total. The third-order valence-corrected chi connectivity index (χ3v) is 4.37. The molecule has 0 unspecified atom stereocenters. The first kappa shape index (κ1) is 13.6. The molecule has 1 aromatic carbocycles. The average molecular weight is 390 g/mol. The van der Waals surface area contributed by atoms with Crippen LogP contribution in [0.1, 0.15) is 4.88 Å². The Labute approximate surface area is 126 Å². The highest BCUT2D eigenvalue weighted by Gasteiger charge is 2.11. The van der Waals surface area contributed by atoms with E-state index < -0.39 is 0 Å². The number of carbonyl (C=O) groups is 1. The monoisotopic (exact) mass is 388 g/mol. The van der Waals surface area contributed by atoms with Crippen LogP contribution < -0.4 is 11.1 Å². The second kappa shape index (κ2) is 5.86. The normalized spacial score (nSPS) is 10.3. The summed E-state index contributed by atoms with van der Waals surface area (Å²) in [4.78, 5) is 12.9. The number of thiophene rings is 1. The van der Waals surface area contributed by atoms with Gasteiger partial charge in [0, 0.05) is 19.5 Å². The molecule has 0 fully saturated rings. The van der Waals surface area contributed by atoms with Gasteiger partial charge in [0.15, 0.2) is 0 Å². The summed E-state index contributed by atoms with van der Waals surface area (Å²) in [5, 5.41) is 4.82. The van der Waals surface area contributed by atoms with Gasteiger partial charge >= 0.3 is 0 Å². The van der Waals surface area contributed by atoms with Crippen LogP contribution in [-0.4, -0.2) is 5.91 Å². The standard InChI is InChI=1S/C12H10Br2N2OS/c13-9-4-7(15)5-10(14)12(9)16-11(17)6-8-2-1-3-18-8/h1-5H,6,15H2,(H,16,17). The van der Waals surface area contributed by atoms with Gasteiger partial charge in [0.05, 0.1) is 12.1 Å². The summed E-state index contributed by atoms with van der Waals surface area (Å²) in [7, 11) is 0. The van der Waals surface area contributed by atoms with Gasteiger partial charge in [-0.05, 0) is 55.4 Å². The van der Waals surface area contributed by atoms with E-state index in [2.05, 4.69) is 37.2 Å². The second-order valence-electron chi connectivity index (χ2n) is 3.66. The Bertz CT molecular complexity index is 546. The molecule has 1 amide bonds. The van der Waals surface area contributed by atoms with Gasteiger partial charge in [-0.2, -0.15) is 0 Å². The number of nitrogen functional groups attached to an aromatic ring is 1. The summed E-state index contributed by atoms with van der Waals surface area (Å²) in [5.41, 5.74) is 7.03. The number of nitrogens with two attached hydrogens (primary N) is 1. The van der Waals surface area contributed by atoms with Crippen molar-refractivity contribution in [3.8, 4) is 0 Å². The summed E-state index contributed by atoms with van der Waals surface area (Å²) in [6, 6.07) is 7.39. The molecular weight excluding hydrogens is 380 g/mol. The SMILES string of the molecule is Nc1cc(Br)c(NC(=O)Cc2cccs2)c(Br)c1. The van der Waals surface area contributed by atoms with Crippen LogP contribution in [0.4, 0.5) is 11.4 Å². The molecule has 1 heterocycles. The fourth-order valence-corrected chi connectivity index (χ4v) is 3.59. The minimum absolute atomic E-state index is 0.0522. The van der Waals surface area contributed by atoms with Crippen molar-refractivity contribution in [2.45, 2.75) is 6.42 Å². The Morgan fingerprint density at radius 2 is 2.00 bits per heavy atom. The van der Waals surface area contributed by atoms with E-state index in [1.165, 1.54) is 0 Å². The van der Waals surface area contributed by atoms with Gasteiger partial charge in [-0.3, -0.25) is 4.79 Å². The predicted molar refractivity (Wildman–Crippen MR) is 82.9 cm³/mol. The summed E-state index contributed by atoms with van der Waals surface area (Å²) in [5.74, 6) is -0.0522. The lowest BCUT2D eigenvalue weighted by Gasteiger charge is -2.10. The maximum absolute atomic E-state index is 11.9. The lowest BCUT2D eigenvalue weighted by atomic mass is 10.2. The highest BCUT2D eigenvalue weighted by molar-refractivity contribution is 9.11. The molecule has 18 heavy (non-hydrogen) atoms. The zero-order valence-corrected chi connectivity index (χ0v) is 13.2. The summed E-state index contributed by atoms with van der Waals surface area (Å²) in [6.07, 6.45) is 0.376. The highest BCUT2D eigenvalue weighted by Crippen LogP contribution is 2.33. The Morgan fingerprint density at radius 1 is 1.33 bits per heavy atom. The van der Waals surface area contributed by atoms with Gasteiger partial charge in [0.25, 0.3) is 0 Å². The van der Waals surface area contributed by atoms with Gasteiger partial charge in [-0.25, -0.2) is 0 Å². The van der Waals surface area contributed by atoms with Gasteiger partial charge in [0.1, 0.15) is 0 Å². The van der Waals surface area contributed by atoms with Crippen molar-refractivity contribution >= 4 is 60.5 Å². The van der Waals surface area contributed by atoms with E-state index in [0.29, 0.717) is 17.8 Å². The van der Waals surface area contributed by atoms with E-state index in [1.54, 1.807) is 23.5 Å². The molecular formula is C12H10Br2N2OS. The predicted octanol–water partition coefficient (Wildman–Crippen LogP) is 4.04. The van der Waals surface area contributed by atoms with Crippen LogP contribution in [0.25, 0.3) is 0 Å². The molecule has 94 valence electrons. The third kappa shape index (κ3) is 3.34. The lowest BCUT2D eigenvalue weighted by Crippen LogP contribution is -2.14. The molecule has 2 aromatic rings. The molecule has 0 saturated carbocycles. The molecule has 0 radical (unpaired) electrons. The molecule has 0 aliphatic carbocycles. The van der Waals surface area contributed by atoms with Crippen LogP contribution in [0.2, 0.25) is 0 Å². The fraction of sp³-hybridized carbons (Fsp3) is 0.0833. The number of halogens is 2. The van der Waals surface area contributed by atoms with Gasteiger partial charge in [0.2, 0.25) is 5.91 Å². The number of hydrogen-bond acceptors (Lipinski definition) is 3. The molecule has 3 nitrogen and oxygen atoms in total. The Kier molecular flexibility index (Phi) is 4.42. The van der Waals surface area contributed by atoms with Crippen molar-refractivity contribution in [2.75, 3.05) is 11.1 Å². The Hall–Kier alpha value is -0.850. The minimum Gasteiger partial charge on any atom is -0.399 e. The first-order valence-corrected chi connectivity index (χ1v) is 7.59. The molecule has 1 aromatic heterocycles. The smallest absolute Gasteiger partial charge is 0.229 e. The number of rotatable bonds is 3. The van der Waals surface area contributed by atoms with Crippen LogP contribution in [0.15, 0.2) is 38.6 Å². The second-order valence-corrected chi connectivity index (χ2v) is 6.40. The van der Waals surface area contributed by atoms with Crippen LogP contribution in [0.3, 0.4) is 0 Å². The van der Waals surface area contributed by atoms with Crippen LogP contribution in [-0.2, 0) is 11.2 Å². The number of benzene rings is 1. The van der Waals surface area contributed by atoms with Crippen LogP contribution >= 0.6 is 43.2 Å². The summed E-state index contributed by atoms with van der Waals surface area (Å²) < 4.78 is 1.52. The van der Waals surface area contributed by atoms with Crippen molar-refractivity contribution in [3.63, 3.8) is 0 Å². The van der Waals surface area contributed by atoms with Crippen molar-refractivity contribution in [1.29, 1.82) is 0 Å². The Balaban J connectivity index is 2.12. The van der Waals surface area contributed by atoms with Crippen molar-refractivity contribution in [2.24, 2.45) is 0 Å². The number of anilines is 2. The minimum atomic E-state index is -0.0522. The van der Waals surface area contributed by atoms with Crippen molar-refractivity contribution in [1.82, 2.24) is 0 Å². The van der Waals surface area contributed by atoms with E-state index in [4.69, 9.17) is 5.73 Å². The molecule has 0 bridgehead atoms. The summed E-state index contributed by atoms with van der Waals surface area (Å²) >= 11 is 8.33. The third-order valence-electron chi connectivity index (χ3n) is 2.24. The average Bonchev–Trinajstić information content (AvgIpc) is 2.76. The van der Waals surface area contributed by atoms with Gasteiger partial charge < -0.3 is 11.1 Å². The van der Waals surface area contributed by atoms with E-state index in [-0.39, 0.29) is 5.91 Å². The van der Waals surface area contributed by atoms with E-state index in [1.807, 2.05) is 17.5 Å². The Morgan fingerprint density at radius 3 is 2.56 bits per heavy atom. The van der Waals surface area contributed by atoms with Crippen LogP contribution in [0, 0.1) is 0 Å². The first-order valence-electron chi connectivity index (χ1n) is 5.13. The fourth-order valence-electron chi connectivity index (χ4n) is 1.47. The highest BCUT2D eigenvalue weighted by atomic mass is 79.9. The van der Waals surface area contributed by atoms with Crippen molar-refractivity contribution in [3.05, 3.63) is 43.5 Å². The summed E-state index contributed by atoms with van der Waals surface area (Å²) in [6.45, 7) is 0. The molecule has 0 saturated heterocycles. The van der Waals surface area contributed by atoms with E-state index >= 15 is 0 Å². The van der Waals surface area contributed by atoms with Gasteiger partial charge in [-0.15, -0.1) is 11.3 Å². The molecule has 0 aliphatic rings. The molecule has 0 aliphatic heterocycles. The topological polar surface area (TPSA) is 55.1 Å². The number of nitrogens with one attached hydrogen (secondary N) is 1. The van der Waals surface area contributed by atoms with Gasteiger partial charge in [-0.1, -0.05) is 6.07 Å². The quantitative estimate of drug-likeness (QED) is 0.778. The largest absolute Gasteiger partial charge is 0.399 e. The van der Waals surface area contributed by atoms with Crippen molar-refractivity contribution < 1.29 is 4.79 Å². The lowest BCUT2D eigenvalue weighted by molar-refractivity contribution is -0.115. The molecule has 2 rings (SSSR count). The molecule has 0 atom stereocenters. The zero-order chi connectivity index (χ0) is 13.1. The maximum atomic E-state index is 11.9.